The third kappa shape index (κ3) is 3.51. The van der Waals surface area contributed by atoms with Crippen molar-refractivity contribution < 1.29 is 10.2 Å². The molecule has 8 heteroatoms. The van der Waals surface area contributed by atoms with Crippen LogP contribution in [0.25, 0.3) is 5.65 Å². The van der Waals surface area contributed by atoms with Crippen LogP contribution < -0.4 is 5.56 Å². The van der Waals surface area contributed by atoms with Gasteiger partial charge in [0.05, 0.1) is 23.7 Å². The van der Waals surface area contributed by atoms with Crippen LogP contribution in [0.4, 0.5) is 0 Å². The van der Waals surface area contributed by atoms with Crippen LogP contribution in [0.3, 0.4) is 0 Å². The molecule has 0 saturated heterocycles. The minimum Gasteiger partial charge on any atom is -0.393 e. The van der Waals surface area contributed by atoms with E-state index in [1.54, 1.807) is 16.7 Å². The Morgan fingerprint density at radius 2 is 2.15 bits per heavy atom. The highest BCUT2D eigenvalue weighted by Crippen LogP contribution is 2.19. The summed E-state index contributed by atoms with van der Waals surface area (Å²) in [5.41, 5.74) is 3.81. The molecule has 4 heterocycles. The average molecular weight is 369 g/mol. The number of nitrogens with zero attached hydrogens (tertiary/aromatic N) is 5. The van der Waals surface area contributed by atoms with Gasteiger partial charge in [-0.25, -0.2) is 4.98 Å². The number of pyridine rings is 1. The van der Waals surface area contributed by atoms with Gasteiger partial charge in [0, 0.05) is 38.4 Å². The molecule has 0 saturated carbocycles. The highest BCUT2D eigenvalue weighted by Gasteiger charge is 2.20. The number of hydrogen-bond acceptors (Lipinski definition) is 6. The summed E-state index contributed by atoms with van der Waals surface area (Å²) in [5.74, 6) is 0. The van der Waals surface area contributed by atoms with Gasteiger partial charge in [-0.15, -0.1) is 0 Å². The van der Waals surface area contributed by atoms with Crippen LogP contribution in [-0.2, 0) is 19.6 Å². The zero-order chi connectivity index (χ0) is 19.0. The fourth-order valence-electron chi connectivity index (χ4n) is 3.56. The molecule has 142 valence electrons. The maximum Gasteiger partial charge on any atom is 0.258 e. The lowest BCUT2D eigenvalue weighted by molar-refractivity contribution is 0.0916. The van der Waals surface area contributed by atoms with Crippen molar-refractivity contribution in [3.05, 3.63) is 63.5 Å². The SMILES string of the molecule is Cc1cccn2c(=O)cc(CN3CCCn4nc([C@H](O)CO)cc4C3)nc12. The lowest BCUT2D eigenvalue weighted by Crippen LogP contribution is -2.25. The predicted molar refractivity (Wildman–Crippen MR) is 99.2 cm³/mol. The molecule has 0 unspecified atom stereocenters. The monoisotopic (exact) mass is 369 g/mol. The van der Waals surface area contributed by atoms with Crippen molar-refractivity contribution in [1.29, 1.82) is 0 Å². The van der Waals surface area contributed by atoms with Crippen molar-refractivity contribution in [3.63, 3.8) is 0 Å². The maximum atomic E-state index is 12.4. The number of aromatic nitrogens is 4. The van der Waals surface area contributed by atoms with Gasteiger partial charge in [0.1, 0.15) is 11.8 Å². The number of aryl methyl sites for hydroxylation is 2. The quantitative estimate of drug-likeness (QED) is 0.700. The van der Waals surface area contributed by atoms with E-state index in [4.69, 9.17) is 5.11 Å². The fourth-order valence-corrected chi connectivity index (χ4v) is 3.56. The summed E-state index contributed by atoms with van der Waals surface area (Å²) in [6.07, 6.45) is 1.69. The van der Waals surface area contributed by atoms with E-state index in [9.17, 15) is 9.90 Å². The summed E-state index contributed by atoms with van der Waals surface area (Å²) in [4.78, 5) is 19.3. The minimum absolute atomic E-state index is 0.0769. The number of aliphatic hydroxyl groups is 2. The Labute approximate surface area is 156 Å². The second-order valence-corrected chi connectivity index (χ2v) is 7.02. The van der Waals surface area contributed by atoms with E-state index in [0.29, 0.717) is 24.4 Å². The highest BCUT2D eigenvalue weighted by atomic mass is 16.3. The second kappa shape index (κ2) is 7.22. The third-order valence-corrected chi connectivity index (χ3v) is 4.95. The Balaban J connectivity index is 1.59. The summed E-state index contributed by atoms with van der Waals surface area (Å²) in [5, 5.41) is 23.4. The van der Waals surface area contributed by atoms with Gasteiger partial charge in [-0.3, -0.25) is 18.8 Å². The normalized spacial score (nSPS) is 16.3. The molecular weight excluding hydrogens is 346 g/mol. The first kappa shape index (κ1) is 17.8. The third-order valence-electron chi connectivity index (χ3n) is 4.95. The van der Waals surface area contributed by atoms with Crippen LogP contribution in [0.15, 0.2) is 35.3 Å². The van der Waals surface area contributed by atoms with Crippen molar-refractivity contribution in [2.75, 3.05) is 13.2 Å². The van der Waals surface area contributed by atoms with Crippen LogP contribution in [-0.4, -0.2) is 47.4 Å². The van der Waals surface area contributed by atoms with Crippen LogP contribution in [0.2, 0.25) is 0 Å². The molecule has 1 atom stereocenters. The first-order valence-electron chi connectivity index (χ1n) is 9.11. The Morgan fingerprint density at radius 1 is 1.30 bits per heavy atom. The number of fused-ring (bicyclic) bond motifs is 2. The van der Waals surface area contributed by atoms with Gasteiger partial charge in [-0.2, -0.15) is 5.10 Å². The number of aliphatic hydroxyl groups excluding tert-OH is 2. The molecule has 27 heavy (non-hydrogen) atoms. The lowest BCUT2D eigenvalue weighted by Gasteiger charge is -2.19. The van der Waals surface area contributed by atoms with Crippen LogP contribution in [0.1, 0.15) is 35.2 Å². The van der Waals surface area contributed by atoms with Crippen molar-refractivity contribution in [3.8, 4) is 0 Å². The van der Waals surface area contributed by atoms with E-state index in [1.165, 1.54) is 0 Å². The van der Waals surface area contributed by atoms with E-state index < -0.39 is 6.10 Å². The molecule has 0 aromatic carbocycles. The largest absolute Gasteiger partial charge is 0.393 e. The van der Waals surface area contributed by atoms with E-state index >= 15 is 0 Å². The van der Waals surface area contributed by atoms with Crippen molar-refractivity contribution in [1.82, 2.24) is 24.1 Å². The standard InChI is InChI=1S/C19H23N5O3/c1-13-4-2-6-23-18(27)8-14(20-19(13)23)10-22-5-3-7-24-15(11-22)9-16(21-24)17(26)12-25/h2,4,6,8-9,17,25-26H,3,5,7,10-12H2,1H3/t17-/m1/s1. The molecule has 0 radical (unpaired) electrons. The topological polar surface area (TPSA) is 95.9 Å². The van der Waals surface area contributed by atoms with Crippen LogP contribution in [0, 0.1) is 6.92 Å². The Morgan fingerprint density at radius 3 is 2.96 bits per heavy atom. The fraction of sp³-hybridized carbons (Fsp3) is 0.421. The molecule has 1 aliphatic rings. The zero-order valence-electron chi connectivity index (χ0n) is 15.2. The second-order valence-electron chi connectivity index (χ2n) is 7.02. The van der Waals surface area contributed by atoms with Gasteiger partial charge in [-0.1, -0.05) is 6.07 Å². The average Bonchev–Trinajstić information content (AvgIpc) is 2.95. The molecule has 0 bridgehead atoms. The predicted octanol–water partition coefficient (Wildman–Crippen LogP) is 0.631. The molecule has 4 rings (SSSR count). The minimum atomic E-state index is -0.956. The summed E-state index contributed by atoms with van der Waals surface area (Å²) in [7, 11) is 0. The molecule has 3 aromatic rings. The first-order chi connectivity index (χ1) is 13.0. The Hall–Kier alpha value is -2.55. The van der Waals surface area contributed by atoms with Gasteiger partial charge < -0.3 is 10.2 Å². The van der Waals surface area contributed by atoms with Gasteiger partial charge in [-0.05, 0) is 31.0 Å². The Bertz CT molecular complexity index is 1030. The van der Waals surface area contributed by atoms with E-state index in [-0.39, 0.29) is 12.2 Å². The number of hydrogen-bond donors (Lipinski definition) is 2. The van der Waals surface area contributed by atoms with E-state index in [1.807, 2.05) is 29.8 Å². The molecule has 0 aliphatic carbocycles. The van der Waals surface area contributed by atoms with Gasteiger partial charge in [0.15, 0.2) is 0 Å². The Kier molecular flexibility index (Phi) is 4.77. The zero-order valence-corrected chi connectivity index (χ0v) is 15.2. The highest BCUT2D eigenvalue weighted by molar-refractivity contribution is 5.46. The summed E-state index contributed by atoms with van der Waals surface area (Å²) in [6.45, 7) is 4.46. The molecule has 2 N–H and O–H groups in total. The van der Waals surface area contributed by atoms with Crippen molar-refractivity contribution in [2.24, 2.45) is 0 Å². The molecule has 8 nitrogen and oxygen atoms in total. The van der Waals surface area contributed by atoms with Crippen LogP contribution >= 0.6 is 0 Å². The maximum absolute atomic E-state index is 12.4. The molecule has 0 spiro atoms. The van der Waals surface area contributed by atoms with Gasteiger partial charge in [0.2, 0.25) is 0 Å². The van der Waals surface area contributed by atoms with Crippen molar-refractivity contribution in [2.45, 2.75) is 39.1 Å². The van der Waals surface area contributed by atoms with Gasteiger partial charge in [0.25, 0.3) is 5.56 Å². The smallest absolute Gasteiger partial charge is 0.258 e. The summed E-state index contributed by atoms with van der Waals surface area (Å²) >= 11 is 0. The van der Waals surface area contributed by atoms with Crippen LogP contribution in [0.5, 0.6) is 0 Å². The van der Waals surface area contributed by atoms with Gasteiger partial charge >= 0.3 is 0 Å². The molecule has 3 aromatic heterocycles. The van der Waals surface area contributed by atoms with E-state index in [0.717, 1.165) is 36.5 Å². The molecule has 0 amide bonds. The lowest BCUT2D eigenvalue weighted by atomic mass is 10.2. The molecular formula is C19H23N5O3. The van der Waals surface area contributed by atoms with Crippen molar-refractivity contribution >= 4 is 5.65 Å². The summed E-state index contributed by atoms with van der Waals surface area (Å²) in [6, 6.07) is 7.23. The van der Waals surface area contributed by atoms with E-state index in [2.05, 4.69) is 15.0 Å². The molecule has 1 aliphatic heterocycles. The summed E-state index contributed by atoms with van der Waals surface area (Å²) < 4.78 is 3.46. The molecule has 0 fully saturated rings. The first-order valence-corrected chi connectivity index (χ1v) is 9.11. The number of rotatable bonds is 4.